The van der Waals surface area contributed by atoms with Gasteiger partial charge in [-0.3, -0.25) is 0 Å². The molecule has 0 unspecified atom stereocenters. The Morgan fingerprint density at radius 2 is 1.74 bits per heavy atom. The quantitative estimate of drug-likeness (QED) is 0.622. The normalized spacial score (nSPS) is 12.3. The lowest BCUT2D eigenvalue weighted by Crippen LogP contribution is -2.24. The van der Waals surface area contributed by atoms with E-state index in [2.05, 4.69) is 0 Å². The highest BCUT2D eigenvalue weighted by Crippen LogP contribution is 2.25. The van der Waals surface area contributed by atoms with Gasteiger partial charge in [0.1, 0.15) is 5.60 Å². The molecule has 0 saturated heterocycles. The van der Waals surface area contributed by atoms with E-state index in [4.69, 9.17) is 15.4 Å². The summed E-state index contributed by atoms with van der Waals surface area (Å²) in [6, 6.07) is 2.84. The zero-order chi connectivity index (χ0) is 15.0. The number of rotatable bonds is 2. The van der Waals surface area contributed by atoms with Gasteiger partial charge in [0.05, 0.1) is 10.5 Å². The van der Waals surface area contributed by atoms with E-state index in [1.54, 1.807) is 40.7 Å². The second kappa shape index (κ2) is 5.13. The van der Waals surface area contributed by atoms with Crippen molar-refractivity contribution < 1.29 is 17.9 Å². The number of benzene rings is 1. The van der Waals surface area contributed by atoms with Crippen molar-refractivity contribution in [1.29, 1.82) is 0 Å². The van der Waals surface area contributed by atoms with Crippen molar-refractivity contribution in [2.75, 3.05) is 0 Å². The molecule has 1 aromatic carbocycles. The minimum absolute atomic E-state index is 0.0602. The number of hydrogen-bond acceptors (Lipinski definition) is 4. The molecule has 0 heterocycles. The van der Waals surface area contributed by atoms with E-state index in [9.17, 15) is 13.2 Å². The molecule has 106 valence electrons. The van der Waals surface area contributed by atoms with Crippen LogP contribution in [0.4, 0.5) is 0 Å². The SMILES string of the molecule is Cc1cc(C(=O)OC(C)(C)C)cc(S(=O)(=O)Cl)c1C. The van der Waals surface area contributed by atoms with Crippen LogP contribution in [0.15, 0.2) is 17.0 Å². The maximum Gasteiger partial charge on any atom is 0.338 e. The average Bonchev–Trinajstić information content (AvgIpc) is 2.17. The smallest absolute Gasteiger partial charge is 0.338 e. The Labute approximate surface area is 118 Å². The highest BCUT2D eigenvalue weighted by Gasteiger charge is 2.22. The summed E-state index contributed by atoms with van der Waals surface area (Å²) in [6.45, 7) is 8.58. The molecular weight excluding hydrogens is 288 g/mol. The van der Waals surface area contributed by atoms with Crippen LogP contribution in [0, 0.1) is 13.8 Å². The maximum atomic E-state index is 11.9. The van der Waals surface area contributed by atoms with Gasteiger partial charge in [0, 0.05) is 10.7 Å². The van der Waals surface area contributed by atoms with E-state index in [1.807, 2.05) is 0 Å². The van der Waals surface area contributed by atoms with E-state index < -0.39 is 20.6 Å². The first-order valence-corrected chi connectivity index (χ1v) is 8.02. The van der Waals surface area contributed by atoms with Gasteiger partial charge in [0.2, 0.25) is 0 Å². The number of ether oxygens (including phenoxy) is 1. The first kappa shape index (κ1) is 16.0. The Morgan fingerprint density at radius 1 is 1.21 bits per heavy atom. The van der Waals surface area contributed by atoms with Gasteiger partial charge < -0.3 is 4.74 Å². The fourth-order valence-corrected chi connectivity index (χ4v) is 2.81. The summed E-state index contributed by atoms with van der Waals surface area (Å²) in [5, 5.41) is 0. The Hall–Kier alpha value is -1.07. The molecule has 0 atom stereocenters. The third-order valence-electron chi connectivity index (χ3n) is 2.52. The Morgan fingerprint density at radius 3 is 2.16 bits per heavy atom. The van der Waals surface area contributed by atoms with Crippen molar-refractivity contribution in [1.82, 2.24) is 0 Å². The molecule has 0 aliphatic rings. The van der Waals surface area contributed by atoms with Gasteiger partial charge in [-0.1, -0.05) is 0 Å². The molecular formula is C13H17ClO4S. The first-order valence-electron chi connectivity index (χ1n) is 5.71. The summed E-state index contributed by atoms with van der Waals surface area (Å²) in [4.78, 5) is 11.9. The largest absolute Gasteiger partial charge is 0.456 e. The zero-order valence-electron chi connectivity index (χ0n) is 11.6. The number of halogens is 1. The molecule has 1 aromatic rings. The fourth-order valence-electron chi connectivity index (χ4n) is 1.54. The summed E-state index contributed by atoms with van der Waals surface area (Å²) < 4.78 is 28.2. The van der Waals surface area contributed by atoms with Crippen LogP contribution in [-0.4, -0.2) is 20.0 Å². The molecule has 0 aromatic heterocycles. The van der Waals surface area contributed by atoms with Crippen molar-refractivity contribution in [2.45, 2.75) is 45.1 Å². The maximum absolute atomic E-state index is 11.9. The van der Waals surface area contributed by atoms with Crippen LogP contribution in [0.1, 0.15) is 42.3 Å². The number of aryl methyl sites for hydroxylation is 1. The van der Waals surface area contributed by atoms with E-state index in [1.165, 1.54) is 6.07 Å². The molecule has 1 rings (SSSR count). The molecule has 0 spiro atoms. The Balaban J connectivity index is 3.33. The van der Waals surface area contributed by atoms with Gasteiger partial charge in [-0.15, -0.1) is 0 Å². The molecule has 6 heteroatoms. The van der Waals surface area contributed by atoms with Crippen LogP contribution in [0.2, 0.25) is 0 Å². The zero-order valence-corrected chi connectivity index (χ0v) is 13.1. The molecule has 0 aliphatic carbocycles. The van der Waals surface area contributed by atoms with Gasteiger partial charge in [-0.05, 0) is 57.9 Å². The lowest BCUT2D eigenvalue weighted by atomic mass is 10.1. The van der Waals surface area contributed by atoms with E-state index in [0.29, 0.717) is 11.1 Å². The van der Waals surface area contributed by atoms with Crippen LogP contribution in [0.5, 0.6) is 0 Å². The van der Waals surface area contributed by atoms with E-state index >= 15 is 0 Å². The van der Waals surface area contributed by atoms with E-state index in [0.717, 1.165) is 0 Å². The van der Waals surface area contributed by atoms with Gasteiger partial charge >= 0.3 is 5.97 Å². The topological polar surface area (TPSA) is 60.4 Å². The number of hydrogen-bond donors (Lipinski definition) is 0. The van der Waals surface area contributed by atoms with Gasteiger partial charge in [-0.25, -0.2) is 13.2 Å². The highest BCUT2D eigenvalue weighted by molar-refractivity contribution is 8.13. The van der Waals surface area contributed by atoms with Crippen LogP contribution >= 0.6 is 10.7 Å². The lowest BCUT2D eigenvalue weighted by molar-refractivity contribution is 0.00691. The number of esters is 1. The lowest BCUT2D eigenvalue weighted by Gasteiger charge is -2.20. The Bertz CT molecular complexity index is 612. The third kappa shape index (κ3) is 4.21. The van der Waals surface area contributed by atoms with Crippen molar-refractivity contribution in [3.8, 4) is 0 Å². The molecule has 0 fully saturated rings. The first-order chi connectivity index (χ1) is 8.42. The minimum Gasteiger partial charge on any atom is -0.456 e. The standard InChI is InChI=1S/C13H17ClO4S/c1-8-6-10(12(15)18-13(3,4)5)7-11(9(8)2)19(14,16)17/h6-7H,1-5H3. The molecule has 19 heavy (non-hydrogen) atoms. The summed E-state index contributed by atoms with van der Waals surface area (Å²) in [7, 11) is 1.47. The number of carbonyl (C=O) groups is 1. The van der Waals surface area contributed by atoms with Gasteiger partial charge in [-0.2, -0.15) is 0 Å². The summed E-state index contributed by atoms with van der Waals surface area (Å²) in [6.07, 6.45) is 0. The summed E-state index contributed by atoms with van der Waals surface area (Å²) >= 11 is 0. The number of carbonyl (C=O) groups excluding carboxylic acids is 1. The predicted octanol–water partition coefficient (Wildman–Crippen LogP) is 3.19. The minimum atomic E-state index is -3.89. The predicted molar refractivity (Wildman–Crippen MR) is 74.1 cm³/mol. The molecule has 0 N–H and O–H groups in total. The van der Waals surface area contributed by atoms with Crippen molar-refractivity contribution in [3.05, 3.63) is 28.8 Å². The molecule has 0 radical (unpaired) electrons. The second-order valence-corrected chi connectivity index (χ2v) is 7.89. The molecule has 0 bridgehead atoms. The molecule has 0 amide bonds. The fraction of sp³-hybridized carbons (Fsp3) is 0.462. The average molecular weight is 305 g/mol. The van der Waals surface area contributed by atoms with Crippen molar-refractivity contribution in [2.24, 2.45) is 0 Å². The van der Waals surface area contributed by atoms with Crippen LogP contribution in [0.25, 0.3) is 0 Å². The molecule has 0 aliphatic heterocycles. The Kier molecular flexibility index (Phi) is 4.32. The highest BCUT2D eigenvalue weighted by atomic mass is 35.7. The van der Waals surface area contributed by atoms with Crippen molar-refractivity contribution in [3.63, 3.8) is 0 Å². The van der Waals surface area contributed by atoms with Gasteiger partial charge in [0.25, 0.3) is 9.05 Å². The summed E-state index contributed by atoms with van der Waals surface area (Å²) in [5.41, 5.74) is 0.734. The van der Waals surface area contributed by atoms with E-state index in [-0.39, 0.29) is 10.5 Å². The molecule has 0 saturated carbocycles. The van der Waals surface area contributed by atoms with Gasteiger partial charge in [0.15, 0.2) is 0 Å². The summed E-state index contributed by atoms with van der Waals surface area (Å²) in [5.74, 6) is -0.572. The van der Waals surface area contributed by atoms with Crippen LogP contribution in [0.3, 0.4) is 0 Å². The van der Waals surface area contributed by atoms with Crippen LogP contribution in [-0.2, 0) is 13.8 Å². The van der Waals surface area contributed by atoms with Crippen LogP contribution < -0.4 is 0 Å². The second-order valence-electron chi connectivity index (χ2n) is 5.36. The third-order valence-corrected chi connectivity index (χ3v) is 3.97. The monoisotopic (exact) mass is 304 g/mol. The molecule has 4 nitrogen and oxygen atoms in total. The van der Waals surface area contributed by atoms with Crippen molar-refractivity contribution >= 4 is 25.7 Å².